The molecule has 0 atom stereocenters. The van der Waals surface area contributed by atoms with Crippen molar-refractivity contribution in [1.29, 1.82) is 0 Å². The van der Waals surface area contributed by atoms with Crippen LogP contribution in [0.5, 0.6) is 0 Å². The van der Waals surface area contributed by atoms with E-state index in [4.69, 9.17) is 0 Å². The SMILES string of the molecule is O=C1CCC2(CCC(F)(F)CC2)CN1. The van der Waals surface area contributed by atoms with Gasteiger partial charge in [0.15, 0.2) is 0 Å². The van der Waals surface area contributed by atoms with Crippen molar-refractivity contribution in [2.75, 3.05) is 6.54 Å². The Bertz CT molecular complexity index is 231. The summed E-state index contributed by atoms with van der Waals surface area (Å²) in [6, 6.07) is 0. The van der Waals surface area contributed by atoms with Gasteiger partial charge in [-0.2, -0.15) is 0 Å². The van der Waals surface area contributed by atoms with Crippen LogP contribution in [0.25, 0.3) is 0 Å². The maximum Gasteiger partial charge on any atom is 0.248 e. The minimum Gasteiger partial charge on any atom is -0.356 e. The summed E-state index contributed by atoms with van der Waals surface area (Å²) in [5.41, 5.74) is -0.0183. The van der Waals surface area contributed by atoms with Crippen molar-refractivity contribution < 1.29 is 13.6 Å². The van der Waals surface area contributed by atoms with Crippen LogP contribution in [0.1, 0.15) is 38.5 Å². The lowest BCUT2D eigenvalue weighted by Crippen LogP contribution is -2.46. The number of nitrogens with one attached hydrogen (secondary N) is 1. The van der Waals surface area contributed by atoms with Crippen LogP contribution in [-0.2, 0) is 4.79 Å². The van der Waals surface area contributed by atoms with Gasteiger partial charge < -0.3 is 5.32 Å². The predicted octanol–water partition coefficient (Wildman–Crippen LogP) is 2.09. The predicted molar refractivity (Wildman–Crippen MR) is 48.1 cm³/mol. The Kier molecular flexibility index (Phi) is 2.24. The molecule has 1 aliphatic heterocycles. The molecule has 1 saturated heterocycles. The van der Waals surface area contributed by atoms with E-state index in [9.17, 15) is 13.6 Å². The maximum absolute atomic E-state index is 12.9. The number of piperidine rings is 1. The van der Waals surface area contributed by atoms with Gasteiger partial charge in [-0.15, -0.1) is 0 Å². The first-order chi connectivity index (χ1) is 6.52. The first-order valence-corrected chi connectivity index (χ1v) is 5.16. The normalized spacial score (nSPS) is 30.0. The van der Waals surface area contributed by atoms with E-state index in [1.54, 1.807) is 0 Å². The molecule has 1 aliphatic carbocycles. The number of rotatable bonds is 0. The molecule has 0 aromatic rings. The van der Waals surface area contributed by atoms with Crippen molar-refractivity contribution in [3.8, 4) is 0 Å². The van der Waals surface area contributed by atoms with Crippen molar-refractivity contribution in [2.24, 2.45) is 5.41 Å². The highest BCUT2D eigenvalue weighted by molar-refractivity contribution is 5.76. The fourth-order valence-electron chi connectivity index (χ4n) is 2.41. The smallest absolute Gasteiger partial charge is 0.248 e. The van der Waals surface area contributed by atoms with E-state index in [1.165, 1.54) is 0 Å². The topological polar surface area (TPSA) is 29.1 Å². The van der Waals surface area contributed by atoms with E-state index in [0.29, 0.717) is 25.8 Å². The first-order valence-electron chi connectivity index (χ1n) is 5.16. The van der Waals surface area contributed by atoms with Crippen molar-refractivity contribution in [3.05, 3.63) is 0 Å². The van der Waals surface area contributed by atoms with Gasteiger partial charge in [-0.25, -0.2) is 8.78 Å². The molecular weight excluding hydrogens is 188 g/mol. The third-order valence-corrected chi connectivity index (χ3v) is 3.59. The number of carbonyl (C=O) groups excluding carboxylic acids is 1. The summed E-state index contributed by atoms with van der Waals surface area (Å²) in [4.78, 5) is 11.0. The van der Waals surface area contributed by atoms with Gasteiger partial charge in [0.25, 0.3) is 0 Å². The van der Waals surface area contributed by atoms with E-state index in [2.05, 4.69) is 5.32 Å². The largest absolute Gasteiger partial charge is 0.356 e. The quantitative estimate of drug-likeness (QED) is 0.641. The molecule has 2 nitrogen and oxygen atoms in total. The van der Waals surface area contributed by atoms with Crippen LogP contribution in [-0.4, -0.2) is 18.4 Å². The fraction of sp³-hybridized carbons (Fsp3) is 0.900. The van der Waals surface area contributed by atoms with Gasteiger partial charge in [0.2, 0.25) is 11.8 Å². The first kappa shape index (κ1) is 9.87. The molecule has 1 amide bonds. The summed E-state index contributed by atoms with van der Waals surface area (Å²) < 4.78 is 25.9. The standard InChI is InChI=1S/C10H15F2NO/c11-10(12)5-3-9(4-6-10)2-1-8(14)13-7-9/h1-7H2,(H,13,14). The van der Waals surface area contributed by atoms with Gasteiger partial charge in [-0.3, -0.25) is 4.79 Å². The molecule has 2 rings (SSSR count). The summed E-state index contributed by atoms with van der Waals surface area (Å²) in [7, 11) is 0. The minimum atomic E-state index is -2.47. The van der Waals surface area contributed by atoms with Crippen molar-refractivity contribution >= 4 is 5.91 Å². The molecule has 1 N–H and O–H groups in total. The molecule has 0 aromatic carbocycles. The zero-order chi connectivity index (χ0) is 10.2. The number of amides is 1. The van der Waals surface area contributed by atoms with Gasteiger partial charge in [0, 0.05) is 25.8 Å². The molecule has 2 aliphatic rings. The molecule has 1 saturated carbocycles. The second-order valence-corrected chi connectivity index (χ2v) is 4.63. The Hall–Kier alpha value is -0.670. The number of hydrogen-bond donors (Lipinski definition) is 1. The third-order valence-electron chi connectivity index (χ3n) is 3.59. The number of alkyl halides is 2. The summed E-state index contributed by atoms with van der Waals surface area (Å²) in [6.07, 6.45) is 2.38. The molecule has 1 spiro atoms. The van der Waals surface area contributed by atoms with E-state index >= 15 is 0 Å². The van der Waals surface area contributed by atoms with Crippen LogP contribution >= 0.6 is 0 Å². The molecule has 0 unspecified atom stereocenters. The lowest BCUT2D eigenvalue weighted by Gasteiger charge is -2.42. The molecule has 1 heterocycles. The van der Waals surface area contributed by atoms with Crippen LogP contribution in [0.2, 0.25) is 0 Å². The number of carbonyl (C=O) groups is 1. The minimum absolute atomic E-state index is 0.0110. The zero-order valence-corrected chi connectivity index (χ0v) is 8.11. The summed E-state index contributed by atoms with van der Waals surface area (Å²) in [5, 5.41) is 2.79. The van der Waals surface area contributed by atoms with Gasteiger partial charge >= 0.3 is 0 Å². The Balaban J connectivity index is 1.96. The lowest BCUT2D eigenvalue weighted by molar-refractivity contribution is -0.127. The van der Waals surface area contributed by atoms with Crippen molar-refractivity contribution in [1.82, 2.24) is 5.32 Å². The highest BCUT2D eigenvalue weighted by Crippen LogP contribution is 2.46. The average Bonchev–Trinajstić information content (AvgIpc) is 2.16. The van der Waals surface area contributed by atoms with E-state index in [-0.39, 0.29) is 24.2 Å². The number of halogens is 2. The fourth-order valence-corrected chi connectivity index (χ4v) is 2.41. The second-order valence-electron chi connectivity index (χ2n) is 4.63. The molecular formula is C10H15F2NO. The third kappa shape index (κ3) is 1.88. The van der Waals surface area contributed by atoms with Crippen molar-refractivity contribution in [2.45, 2.75) is 44.4 Å². The molecule has 80 valence electrons. The van der Waals surface area contributed by atoms with Crippen LogP contribution in [0, 0.1) is 5.41 Å². The maximum atomic E-state index is 12.9. The van der Waals surface area contributed by atoms with Crippen LogP contribution in [0.4, 0.5) is 8.78 Å². The summed E-state index contributed by atoms with van der Waals surface area (Å²) >= 11 is 0. The average molecular weight is 203 g/mol. The van der Waals surface area contributed by atoms with Gasteiger partial charge in [-0.05, 0) is 24.7 Å². The highest BCUT2D eigenvalue weighted by atomic mass is 19.3. The zero-order valence-electron chi connectivity index (χ0n) is 8.11. The molecule has 0 bridgehead atoms. The van der Waals surface area contributed by atoms with Gasteiger partial charge in [0.05, 0.1) is 0 Å². The Morgan fingerprint density at radius 3 is 2.21 bits per heavy atom. The molecule has 2 fully saturated rings. The Labute approximate surface area is 82.1 Å². The lowest BCUT2D eigenvalue weighted by atomic mass is 9.68. The second kappa shape index (κ2) is 3.17. The van der Waals surface area contributed by atoms with E-state index < -0.39 is 5.92 Å². The summed E-state index contributed by atoms with van der Waals surface area (Å²) in [6.45, 7) is 0.599. The summed E-state index contributed by atoms with van der Waals surface area (Å²) in [5.74, 6) is -2.40. The van der Waals surface area contributed by atoms with Crippen LogP contribution in [0.3, 0.4) is 0 Å². The van der Waals surface area contributed by atoms with E-state index in [1.807, 2.05) is 0 Å². The molecule has 0 radical (unpaired) electrons. The van der Waals surface area contributed by atoms with E-state index in [0.717, 1.165) is 6.42 Å². The molecule has 14 heavy (non-hydrogen) atoms. The van der Waals surface area contributed by atoms with Gasteiger partial charge in [0.1, 0.15) is 0 Å². The van der Waals surface area contributed by atoms with Crippen LogP contribution < -0.4 is 5.32 Å². The van der Waals surface area contributed by atoms with Crippen LogP contribution in [0.15, 0.2) is 0 Å². The van der Waals surface area contributed by atoms with Gasteiger partial charge in [-0.1, -0.05) is 0 Å². The highest BCUT2D eigenvalue weighted by Gasteiger charge is 2.44. The Morgan fingerprint density at radius 2 is 1.71 bits per heavy atom. The molecule has 4 heteroatoms. The molecule has 0 aromatic heterocycles. The number of hydrogen-bond acceptors (Lipinski definition) is 1. The Morgan fingerprint density at radius 1 is 1.07 bits per heavy atom. The van der Waals surface area contributed by atoms with Crippen molar-refractivity contribution in [3.63, 3.8) is 0 Å². The monoisotopic (exact) mass is 203 g/mol.